The molecule has 0 atom stereocenters. The van der Waals surface area contributed by atoms with Gasteiger partial charge in [-0.3, -0.25) is 9.78 Å². The summed E-state index contributed by atoms with van der Waals surface area (Å²) in [6, 6.07) is 9.42. The molecule has 3 rings (SSSR count). The van der Waals surface area contributed by atoms with Gasteiger partial charge < -0.3 is 10.3 Å². The first-order valence-corrected chi connectivity index (χ1v) is 5.61. The van der Waals surface area contributed by atoms with Gasteiger partial charge in [-0.15, -0.1) is 0 Å². The molecule has 0 aliphatic rings. The summed E-state index contributed by atoms with van der Waals surface area (Å²) in [7, 11) is 0. The maximum absolute atomic E-state index is 12.0. The molecule has 0 saturated carbocycles. The number of fused-ring (bicyclic) bond motifs is 1. The zero-order valence-corrected chi connectivity index (χ0v) is 9.55. The van der Waals surface area contributed by atoms with Gasteiger partial charge in [-0.05, 0) is 23.6 Å². The highest BCUT2D eigenvalue weighted by Gasteiger charge is 2.08. The molecule has 4 heteroatoms. The van der Waals surface area contributed by atoms with Crippen LogP contribution in [0.3, 0.4) is 0 Å². The van der Waals surface area contributed by atoms with Gasteiger partial charge in [0.25, 0.3) is 5.91 Å². The maximum Gasteiger partial charge on any atom is 0.257 e. The quantitative estimate of drug-likeness (QED) is 0.720. The van der Waals surface area contributed by atoms with Gasteiger partial charge in [0, 0.05) is 30.2 Å². The largest absolute Gasteiger partial charge is 0.367 e. The highest BCUT2D eigenvalue weighted by molar-refractivity contribution is 6.08. The minimum absolute atomic E-state index is 0.132. The Morgan fingerprint density at radius 3 is 3.00 bits per heavy atom. The van der Waals surface area contributed by atoms with E-state index in [1.54, 1.807) is 30.9 Å². The van der Waals surface area contributed by atoms with Crippen molar-refractivity contribution in [2.45, 2.75) is 0 Å². The predicted octanol–water partition coefficient (Wildman–Crippen LogP) is 2.82. The van der Waals surface area contributed by atoms with Gasteiger partial charge in [-0.1, -0.05) is 12.1 Å². The number of hydrogen-bond donors (Lipinski definition) is 2. The lowest BCUT2D eigenvalue weighted by Gasteiger charge is -2.07. The Kier molecular flexibility index (Phi) is 2.53. The Morgan fingerprint density at radius 2 is 2.17 bits per heavy atom. The second-order valence-electron chi connectivity index (χ2n) is 3.96. The van der Waals surface area contributed by atoms with Crippen molar-refractivity contribution in [3.05, 3.63) is 60.7 Å². The van der Waals surface area contributed by atoms with Crippen LogP contribution in [0.5, 0.6) is 0 Å². The molecule has 18 heavy (non-hydrogen) atoms. The average molecular weight is 237 g/mol. The van der Waals surface area contributed by atoms with E-state index >= 15 is 0 Å². The van der Waals surface area contributed by atoms with Gasteiger partial charge >= 0.3 is 0 Å². The van der Waals surface area contributed by atoms with Crippen LogP contribution in [0.15, 0.2) is 55.1 Å². The number of amides is 1. The Labute approximate surface area is 104 Å². The fourth-order valence-electron chi connectivity index (χ4n) is 1.88. The summed E-state index contributed by atoms with van der Waals surface area (Å²) >= 11 is 0. The summed E-state index contributed by atoms with van der Waals surface area (Å²) in [5, 5.41) is 4.88. The molecular weight excluding hydrogens is 226 g/mol. The SMILES string of the molecule is O=C(Nc1cccc2ccncc12)c1cc[nH]c1. The molecule has 2 heterocycles. The Hall–Kier alpha value is -2.62. The van der Waals surface area contributed by atoms with E-state index in [4.69, 9.17) is 0 Å². The zero-order chi connectivity index (χ0) is 12.4. The van der Waals surface area contributed by atoms with E-state index in [1.807, 2.05) is 24.3 Å². The van der Waals surface area contributed by atoms with E-state index in [1.165, 1.54) is 0 Å². The van der Waals surface area contributed by atoms with Crippen LogP contribution in [-0.2, 0) is 0 Å². The number of carbonyl (C=O) groups is 1. The van der Waals surface area contributed by atoms with Crippen molar-refractivity contribution in [3.63, 3.8) is 0 Å². The number of rotatable bonds is 2. The van der Waals surface area contributed by atoms with Gasteiger partial charge in [0.1, 0.15) is 0 Å². The number of anilines is 1. The molecule has 1 aromatic carbocycles. The number of benzene rings is 1. The maximum atomic E-state index is 12.0. The van der Waals surface area contributed by atoms with Crippen LogP contribution in [0.1, 0.15) is 10.4 Å². The van der Waals surface area contributed by atoms with Crippen LogP contribution < -0.4 is 5.32 Å². The molecule has 3 aromatic rings. The molecule has 0 spiro atoms. The average Bonchev–Trinajstić information content (AvgIpc) is 2.93. The molecular formula is C14H11N3O. The van der Waals surface area contributed by atoms with Crippen LogP contribution in [-0.4, -0.2) is 15.9 Å². The number of aromatic nitrogens is 2. The predicted molar refractivity (Wildman–Crippen MR) is 70.5 cm³/mol. The van der Waals surface area contributed by atoms with Crippen LogP contribution in [0, 0.1) is 0 Å². The molecule has 0 aliphatic carbocycles. The number of hydrogen-bond acceptors (Lipinski definition) is 2. The zero-order valence-electron chi connectivity index (χ0n) is 9.55. The van der Waals surface area contributed by atoms with Crippen molar-refractivity contribution in [3.8, 4) is 0 Å². The Bertz CT molecular complexity index is 684. The fraction of sp³-hybridized carbons (Fsp3) is 0. The summed E-state index contributed by atoms with van der Waals surface area (Å²) in [5.74, 6) is -0.132. The number of nitrogens with one attached hydrogen (secondary N) is 2. The molecule has 0 unspecified atom stereocenters. The van der Waals surface area contributed by atoms with E-state index < -0.39 is 0 Å². The normalized spacial score (nSPS) is 10.4. The lowest BCUT2D eigenvalue weighted by Crippen LogP contribution is -2.11. The van der Waals surface area contributed by atoms with Gasteiger partial charge in [0.05, 0.1) is 11.3 Å². The monoisotopic (exact) mass is 237 g/mol. The Balaban J connectivity index is 1.98. The third kappa shape index (κ3) is 1.84. The summed E-state index contributed by atoms with van der Waals surface area (Å²) in [6.45, 7) is 0. The Morgan fingerprint density at radius 1 is 1.22 bits per heavy atom. The molecule has 0 bridgehead atoms. The van der Waals surface area contributed by atoms with Crippen molar-refractivity contribution in [1.29, 1.82) is 0 Å². The number of pyridine rings is 1. The highest BCUT2D eigenvalue weighted by Crippen LogP contribution is 2.22. The molecule has 88 valence electrons. The van der Waals surface area contributed by atoms with Crippen molar-refractivity contribution < 1.29 is 4.79 Å². The minimum atomic E-state index is -0.132. The number of aromatic amines is 1. The van der Waals surface area contributed by atoms with E-state index in [0.717, 1.165) is 16.5 Å². The van der Waals surface area contributed by atoms with Crippen molar-refractivity contribution in [2.24, 2.45) is 0 Å². The van der Waals surface area contributed by atoms with Crippen LogP contribution >= 0.6 is 0 Å². The van der Waals surface area contributed by atoms with Gasteiger partial charge in [-0.2, -0.15) is 0 Å². The van der Waals surface area contributed by atoms with Crippen molar-refractivity contribution in [1.82, 2.24) is 9.97 Å². The number of nitrogens with zero attached hydrogens (tertiary/aromatic N) is 1. The van der Waals surface area contributed by atoms with E-state index in [-0.39, 0.29) is 5.91 Å². The molecule has 1 amide bonds. The molecule has 0 radical (unpaired) electrons. The first-order valence-electron chi connectivity index (χ1n) is 5.61. The second kappa shape index (κ2) is 4.33. The van der Waals surface area contributed by atoms with Gasteiger partial charge in [-0.25, -0.2) is 0 Å². The summed E-state index contributed by atoms with van der Waals surface area (Å²) < 4.78 is 0. The van der Waals surface area contributed by atoms with Crippen molar-refractivity contribution in [2.75, 3.05) is 5.32 Å². The van der Waals surface area contributed by atoms with E-state index in [0.29, 0.717) is 5.56 Å². The number of H-pyrrole nitrogens is 1. The third-order valence-corrected chi connectivity index (χ3v) is 2.79. The minimum Gasteiger partial charge on any atom is -0.367 e. The standard InChI is InChI=1S/C14H11N3O/c18-14(11-5-7-15-8-11)17-13-3-1-2-10-4-6-16-9-12(10)13/h1-9,15H,(H,17,18). The van der Waals surface area contributed by atoms with Crippen LogP contribution in [0.2, 0.25) is 0 Å². The topological polar surface area (TPSA) is 57.8 Å². The molecule has 4 nitrogen and oxygen atoms in total. The van der Waals surface area contributed by atoms with Crippen LogP contribution in [0.4, 0.5) is 5.69 Å². The third-order valence-electron chi connectivity index (χ3n) is 2.79. The summed E-state index contributed by atoms with van der Waals surface area (Å²) in [5.41, 5.74) is 1.38. The smallest absolute Gasteiger partial charge is 0.257 e. The first kappa shape index (κ1) is 10.5. The van der Waals surface area contributed by atoms with Gasteiger partial charge in [0.15, 0.2) is 0 Å². The van der Waals surface area contributed by atoms with Crippen molar-refractivity contribution >= 4 is 22.4 Å². The molecule has 2 aromatic heterocycles. The van der Waals surface area contributed by atoms with E-state index in [9.17, 15) is 4.79 Å². The summed E-state index contributed by atoms with van der Waals surface area (Å²) in [6.07, 6.45) is 6.88. The fourth-order valence-corrected chi connectivity index (χ4v) is 1.88. The lowest BCUT2D eigenvalue weighted by molar-refractivity contribution is 0.102. The van der Waals surface area contributed by atoms with Crippen LogP contribution in [0.25, 0.3) is 10.8 Å². The first-order chi connectivity index (χ1) is 8.84. The molecule has 0 saturated heterocycles. The van der Waals surface area contributed by atoms with Gasteiger partial charge in [0.2, 0.25) is 0 Å². The second-order valence-corrected chi connectivity index (χ2v) is 3.96. The highest BCUT2D eigenvalue weighted by atomic mass is 16.1. The molecule has 2 N–H and O–H groups in total. The summed E-state index contributed by atoms with van der Waals surface area (Å²) in [4.78, 5) is 18.9. The molecule has 0 fully saturated rings. The van der Waals surface area contributed by atoms with E-state index in [2.05, 4.69) is 15.3 Å². The lowest BCUT2D eigenvalue weighted by atomic mass is 10.1. The molecule has 0 aliphatic heterocycles. The number of carbonyl (C=O) groups excluding carboxylic acids is 1.